The van der Waals surface area contributed by atoms with Gasteiger partial charge in [0.15, 0.2) is 4.98 Å². The molecular weight excluding hydrogens is 128 g/mol. The fraction of sp³-hybridized carbons (Fsp3) is 0.143. The molecule has 0 heterocycles. The highest BCUT2D eigenvalue weighted by atomic mass is 16.3. The van der Waals surface area contributed by atoms with Gasteiger partial charge in [-0.15, -0.1) is 0 Å². The van der Waals surface area contributed by atoms with Gasteiger partial charge in [-0.1, -0.05) is 0 Å². The quantitative estimate of drug-likeness (QED) is 0.554. The van der Waals surface area contributed by atoms with Crippen molar-refractivity contribution in [1.29, 1.82) is 5.39 Å². The van der Waals surface area contributed by atoms with Crippen LogP contribution in [0.5, 0.6) is 5.75 Å². The lowest BCUT2D eigenvalue weighted by atomic mass is 10.2. The summed E-state index contributed by atoms with van der Waals surface area (Å²) in [6.07, 6.45) is 0. The Morgan fingerprint density at radius 2 is 2.20 bits per heavy atom. The maximum Gasteiger partial charge on any atom is 0.385 e. The molecule has 0 fully saturated rings. The molecule has 1 N–H and O–H groups in total. The van der Waals surface area contributed by atoms with Crippen molar-refractivity contribution >= 4 is 5.69 Å². The van der Waals surface area contributed by atoms with E-state index in [9.17, 15) is 0 Å². The SMILES string of the molecule is Cc1cc([N+]#N)ccc1O. The number of diazo groups is 1. The van der Waals surface area contributed by atoms with Crippen molar-refractivity contribution in [1.82, 2.24) is 0 Å². The molecule has 0 bridgehead atoms. The van der Waals surface area contributed by atoms with Gasteiger partial charge in [-0.3, -0.25) is 0 Å². The van der Waals surface area contributed by atoms with Crippen LogP contribution >= 0.6 is 0 Å². The molecule has 10 heavy (non-hydrogen) atoms. The van der Waals surface area contributed by atoms with Gasteiger partial charge in [0.1, 0.15) is 5.75 Å². The second-order valence-electron chi connectivity index (χ2n) is 2.07. The number of nitrogens with zero attached hydrogens (tertiary/aromatic N) is 2. The van der Waals surface area contributed by atoms with E-state index < -0.39 is 0 Å². The van der Waals surface area contributed by atoms with E-state index in [1.54, 1.807) is 13.0 Å². The minimum absolute atomic E-state index is 0.215. The van der Waals surface area contributed by atoms with E-state index in [-0.39, 0.29) is 5.75 Å². The molecule has 1 aromatic rings. The summed E-state index contributed by atoms with van der Waals surface area (Å²) in [5, 5.41) is 17.3. The van der Waals surface area contributed by atoms with Crippen LogP contribution in [0.3, 0.4) is 0 Å². The Bertz CT molecular complexity index is 288. The Morgan fingerprint density at radius 3 is 2.70 bits per heavy atom. The Balaban J connectivity index is 3.20. The van der Waals surface area contributed by atoms with Gasteiger partial charge < -0.3 is 5.11 Å². The van der Waals surface area contributed by atoms with Crippen molar-refractivity contribution in [3.8, 4) is 5.75 Å². The maximum atomic E-state index is 9.02. The van der Waals surface area contributed by atoms with E-state index in [4.69, 9.17) is 10.5 Å². The van der Waals surface area contributed by atoms with Gasteiger partial charge >= 0.3 is 5.69 Å². The van der Waals surface area contributed by atoms with Gasteiger partial charge in [-0.2, -0.15) is 0 Å². The molecule has 0 aliphatic rings. The van der Waals surface area contributed by atoms with E-state index in [0.717, 1.165) is 0 Å². The van der Waals surface area contributed by atoms with Crippen molar-refractivity contribution in [3.63, 3.8) is 0 Å². The fourth-order valence-electron chi connectivity index (χ4n) is 0.702. The third kappa shape index (κ3) is 1.06. The normalized spacial score (nSPS) is 8.80. The first-order valence-corrected chi connectivity index (χ1v) is 2.89. The molecule has 1 aromatic carbocycles. The van der Waals surface area contributed by atoms with E-state index in [1.807, 2.05) is 0 Å². The third-order valence-electron chi connectivity index (χ3n) is 1.30. The van der Waals surface area contributed by atoms with Crippen molar-refractivity contribution in [3.05, 3.63) is 28.7 Å². The zero-order chi connectivity index (χ0) is 7.56. The van der Waals surface area contributed by atoms with Crippen molar-refractivity contribution in [2.75, 3.05) is 0 Å². The molecule has 0 atom stereocenters. The third-order valence-corrected chi connectivity index (χ3v) is 1.30. The van der Waals surface area contributed by atoms with E-state index in [2.05, 4.69) is 4.98 Å². The molecule has 50 valence electrons. The molecule has 3 nitrogen and oxygen atoms in total. The largest absolute Gasteiger partial charge is 0.508 e. The van der Waals surface area contributed by atoms with Crippen LogP contribution < -0.4 is 0 Å². The van der Waals surface area contributed by atoms with Crippen LogP contribution in [0.2, 0.25) is 0 Å². The molecule has 0 saturated carbocycles. The highest BCUT2D eigenvalue weighted by molar-refractivity contribution is 5.50. The first-order valence-electron chi connectivity index (χ1n) is 2.89. The number of aryl methyl sites for hydroxylation is 1. The smallest absolute Gasteiger partial charge is 0.385 e. The maximum absolute atomic E-state index is 9.02. The van der Waals surface area contributed by atoms with Gasteiger partial charge in [0, 0.05) is 12.1 Å². The van der Waals surface area contributed by atoms with Crippen molar-refractivity contribution in [2.24, 2.45) is 0 Å². The van der Waals surface area contributed by atoms with Crippen LogP contribution in [-0.2, 0) is 0 Å². The van der Waals surface area contributed by atoms with Crippen LogP contribution in [0, 0.1) is 12.3 Å². The Hall–Kier alpha value is -1.56. The number of hydrogen-bond acceptors (Lipinski definition) is 2. The Labute approximate surface area is 58.6 Å². The fourth-order valence-corrected chi connectivity index (χ4v) is 0.702. The number of benzene rings is 1. The summed E-state index contributed by atoms with van der Waals surface area (Å²) in [5.41, 5.74) is 1.16. The van der Waals surface area contributed by atoms with Gasteiger partial charge in [0.25, 0.3) is 0 Å². The van der Waals surface area contributed by atoms with Crippen LogP contribution in [0.1, 0.15) is 5.56 Å². The number of rotatable bonds is 0. The summed E-state index contributed by atoms with van der Waals surface area (Å²) in [6.45, 7) is 1.74. The number of phenols is 1. The topological polar surface area (TPSA) is 48.4 Å². The summed E-state index contributed by atoms with van der Waals surface area (Å²) in [6, 6.07) is 4.61. The number of aromatic hydroxyl groups is 1. The van der Waals surface area contributed by atoms with Crippen LogP contribution in [0.15, 0.2) is 18.2 Å². The average molecular weight is 135 g/mol. The van der Waals surface area contributed by atoms with Crippen molar-refractivity contribution in [2.45, 2.75) is 6.92 Å². The van der Waals surface area contributed by atoms with E-state index in [0.29, 0.717) is 11.3 Å². The summed E-state index contributed by atoms with van der Waals surface area (Å²) in [7, 11) is 0. The molecule has 0 amide bonds. The molecule has 0 saturated heterocycles. The molecule has 0 spiro atoms. The second kappa shape index (κ2) is 2.36. The summed E-state index contributed by atoms with van der Waals surface area (Å²) in [4.78, 5) is 2.96. The minimum atomic E-state index is 0.215. The molecular formula is C7H7N2O+. The second-order valence-corrected chi connectivity index (χ2v) is 2.07. The molecule has 0 aliphatic carbocycles. The zero-order valence-corrected chi connectivity index (χ0v) is 5.57. The van der Waals surface area contributed by atoms with Gasteiger partial charge in [-0.05, 0) is 18.6 Å². The van der Waals surface area contributed by atoms with Crippen molar-refractivity contribution < 1.29 is 5.11 Å². The Kier molecular flexibility index (Phi) is 1.55. The molecule has 0 aromatic heterocycles. The minimum Gasteiger partial charge on any atom is -0.508 e. The summed E-state index contributed by atoms with van der Waals surface area (Å²) in [5.74, 6) is 0.215. The lowest BCUT2D eigenvalue weighted by Crippen LogP contribution is -1.71. The Morgan fingerprint density at radius 1 is 1.50 bits per heavy atom. The van der Waals surface area contributed by atoms with Gasteiger partial charge in [-0.25, -0.2) is 0 Å². The van der Waals surface area contributed by atoms with Gasteiger partial charge in [0.2, 0.25) is 5.39 Å². The van der Waals surface area contributed by atoms with E-state index >= 15 is 0 Å². The van der Waals surface area contributed by atoms with E-state index in [1.165, 1.54) is 12.1 Å². The monoisotopic (exact) mass is 135 g/mol. The first kappa shape index (κ1) is 6.56. The molecule has 0 unspecified atom stereocenters. The standard InChI is InChI=1S/C7H6N2O/c1-5-4-6(9-8)2-3-7(5)10/h2-4H,1H3/p+1. The first-order chi connectivity index (χ1) is 4.74. The molecule has 0 radical (unpaired) electrons. The van der Waals surface area contributed by atoms with Crippen LogP contribution in [0.25, 0.3) is 4.98 Å². The average Bonchev–Trinajstić information content (AvgIpc) is 1.95. The molecule has 1 rings (SSSR count). The number of hydrogen-bond donors (Lipinski definition) is 1. The highest BCUT2D eigenvalue weighted by Crippen LogP contribution is 2.21. The summed E-state index contributed by atoms with van der Waals surface area (Å²) < 4.78 is 0. The van der Waals surface area contributed by atoms with Crippen LogP contribution in [0.4, 0.5) is 5.69 Å². The highest BCUT2D eigenvalue weighted by Gasteiger charge is 2.05. The molecule has 0 aliphatic heterocycles. The zero-order valence-electron chi connectivity index (χ0n) is 5.57. The van der Waals surface area contributed by atoms with Gasteiger partial charge in [0.05, 0.1) is 0 Å². The summed E-state index contributed by atoms with van der Waals surface area (Å²) >= 11 is 0. The lowest BCUT2D eigenvalue weighted by Gasteiger charge is -1.90. The van der Waals surface area contributed by atoms with Crippen LogP contribution in [-0.4, -0.2) is 5.11 Å². The lowest BCUT2D eigenvalue weighted by molar-refractivity contribution is 0.471. The number of phenolic OH excluding ortho intramolecular Hbond substituents is 1. The predicted molar refractivity (Wildman–Crippen MR) is 37.6 cm³/mol. The predicted octanol–water partition coefficient (Wildman–Crippen LogP) is 2.19. The molecule has 3 heteroatoms.